The smallest absolute Gasteiger partial charge is 0.250 e. The molecule has 6 heteroatoms. The van der Waals surface area contributed by atoms with Crippen molar-refractivity contribution in [3.8, 4) is 5.75 Å². The zero-order valence-corrected chi connectivity index (χ0v) is 22.4. The number of fused-ring (bicyclic) bond motifs is 1. The van der Waals surface area contributed by atoms with Gasteiger partial charge in [-0.3, -0.25) is 9.78 Å². The van der Waals surface area contributed by atoms with Crippen molar-refractivity contribution in [3.05, 3.63) is 65.9 Å². The van der Waals surface area contributed by atoms with Crippen molar-refractivity contribution in [3.63, 3.8) is 0 Å². The lowest BCUT2D eigenvalue weighted by Crippen LogP contribution is -2.26. The number of carbonyl (C=O) groups excluding carboxylic acids is 1. The van der Waals surface area contributed by atoms with Crippen LogP contribution in [0.2, 0.25) is 0 Å². The maximum absolute atomic E-state index is 13.1. The molecule has 1 amide bonds. The van der Waals surface area contributed by atoms with E-state index in [9.17, 15) is 4.79 Å². The van der Waals surface area contributed by atoms with E-state index in [1.54, 1.807) is 11.0 Å². The van der Waals surface area contributed by atoms with E-state index >= 15 is 0 Å². The number of rotatable bonds is 8. The highest BCUT2D eigenvalue weighted by Gasteiger charge is 2.22. The van der Waals surface area contributed by atoms with Crippen LogP contribution in [0.5, 0.6) is 5.75 Å². The average Bonchev–Trinajstić information content (AvgIpc) is 3.37. The van der Waals surface area contributed by atoms with Gasteiger partial charge in [-0.25, -0.2) is 0 Å². The largest absolute Gasteiger partial charge is 0.488 e. The van der Waals surface area contributed by atoms with Crippen LogP contribution in [0.3, 0.4) is 0 Å². The summed E-state index contributed by atoms with van der Waals surface area (Å²) in [7, 11) is 7.85. The van der Waals surface area contributed by atoms with Gasteiger partial charge in [0.25, 0.3) is 5.91 Å². The molecule has 36 heavy (non-hydrogen) atoms. The Kier molecular flexibility index (Phi) is 7.94. The van der Waals surface area contributed by atoms with Crippen LogP contribution in [0.1, 0.15) is 36.8 Å². The van der Waals surface area contributed by atoms with Gasteiger partial charge in [-0.1, -0.05) is 12.1 Å². The fraction of sp³-hybridized carbons (Fsp3) is 0.400. The molecule has 0 radical (unpaired) electrons. The van der Waals surface area contributed by atoms with E-state index in [1.165, 1.54) is 24.0 Å². The van der Waals surface area contributed by atoms with Gasteiger partial charge in [-0.15, -0.1) is 0 Å². The van der Waals surface area contributed by atoms with Gasteiger partial charge in [-0.2, -0.15) is 0 Å². The van der Waals surface area contributed by atoms with Crippen molar-refractivity contribution in [1.29, 1.82) is 0 Å². The quantitative estimate of drug-likeness (QED) is 0.364. The number of hydrogen-bond donors (Lipinski definition) is 0. The molecule has 1 aromatic heterocycles. The number of nitrogens with zero attached hydrogens (tertiary/aromatic N) is 4. The molecule has 1 aliphatic rings. The van der Waals surface area contributed by atoms with Gasteiger partial charge in [0.15, 0.2) is 0 Å². The third-order valence-electron chi connectivity index (χ3n) is 7.06. The van der Waals surface area contributed by atoms with Gasteiger partial charge in [0.05, 0.1) is 23.0 Å². The van der Waals surface area contributed by atoms with E-state index in [0.717, 1.165) is 40.8 Å². The Morgan fingerprint density at radius 1 is 1.00 bits per heavy atom. The van der Waals surface area contributed by atoms with Crippen LogP contribution in [-0.2, 0) is 4.79 Å². The summed E-state index contributed by atoms with van der Waals surface area (Å²) in [5, 5.41) is 0.976. The van der Waals surface area contributed by atoms with E-state index in [4.69, 9.17) is 4.74 Å². The number of likely N-dealkylation sites (N-methyl/N-ethyl adjacent to an activating group) is 2. The number of aryl methyl sites for hydroxylation is 2. The van der Waals surface area contributed by atoms with Crippen LogP contribution >= 0.6 is 0 Å². The lowest BCUT2D eigenvalue weighted by Gasteiger charge is -2.25. The van der Waals surface area contributed by atoms with E-state index in [-0.39, 0.29) is 12.0 Å². The van der Waals surface area contributed by atoms with Crippen LogP contribution in [-0.4, -0.2) is 56.6 Å². The second-order valence-electron chi connectivity index (χ2n) is 10.1. The standard InChI is InChI=1S/C30H38N4O2/c1-21-13-14-23(18-22(21)2)33(5)27-15-16-31-26-20-29(36-24-10-7-8-11-24)28(19-25(26)27)34(6)30(35)12-9-17-32(3)4/h9,12-16,18-20,24H,7-8,10-11,17H2,1-6H3/b12-9+. The summed E-state index contributed by atoms with van der Waals surface area (Å²) in [5.74, 6) is 0.630. The van der Waals surface area contributed by atoms with Crippen molar-refractivity contribution >= 4 is 33.9 Å². The first-order valence-electron chi connectivity index (χ1n) is 12.7. The van der Waals surface area contributed by atoms with Crippen LogP contribution in [0.15, 0.2) is 54.7 Å². The van der Waals surface area contributed by atoms with E-state index in [1.807, 2.05) is 50.4 Å². The lowest BCUT2D eigenvalue weighted by molar-refractivity contribution is -0.113. The molecule has 1 fully saturated rings. The molecule has 1 aliphatic carbocycles. The van der Waals surface area contributed by atoms with Gasteiger partial charge < -0.3 is 19.4 Å². The van der Waals surface area contributed by atoms with Crippen molar-refractivity contribution in [2.75, 3.05) is 44.5 Å². The Morgan fingerprint density at radius 2 is 1.75 bits per heavy atom. The van der Waals surface area contributed by atoms with E-state index < -0.39 is 0 Å². The molecular formula is C30H38N4O2. The number of ether oxygens (including phenoxy) is 1. The van der Waals surface area contributed by atoms with E-state index in [0.29, 0.717) is 12.3 Å². The molecule has 190 valence electrons. The third kappa shape index (κ3) is 5.71. The highest BCUT2D eigenvalue weighted by Crippen LogP contribution is 2.39. The van der Waals surface area contributed by atoms with Crippen molar-refractivity contribution in [1.82, 2.24) is 9.88 Å². The molecular weight excluding hydrogens is 448 g/mol. The second kappa shape index (κ2) is 11.1. The predicted octanol–water partition coefficient (Wildman–Crippen LogP) is 6.02. The molecule has 0 atom stereocenters. The number of amides is 1. The molecule has 0 spiro atoms. The molecule has 4 rings (SSSR count). The summed E-state index contributed by atoms with van der Waals surface area (Å²) >= 11 is 0. The number of anilines is 3. The molecule has 0 aliphatic heterocycles. The van der Waals surface area contributed by atoms with Crippen LogP contribution in [0.25, 0.3) is 10.9 Å². The average molecular weight is 487 g/mol. The Morgan fingerprint density at radius 3 is 2.44 bits per heavy atom. The second-order valence-corrected chi connectivity index (χ2v) is 10.1. The SMILES string of the molecule is Cc1ccc(N(C)c2ccnc3cc(OC4CCCC4)c(N(C)C(=O)/C=C/CN(C)C)cc23)cc1C. The summed E-state index contributed by atoms with van der Waals surface area (Å²) in [6, 6.07) is 12.6. The zero-order chi connectivity index (χ0) is 25.8. The maximum atomic E-state index is 13.1. The number of pyridine rings is 1. The highest BCUT2D eigenvalue weighted by molar-refractivity contribution is 6.05. The van der Waals surface area contributed by atoms with Gasteiger partial charge in [0, 0.05) is 50.1 Å². The molecule has 0 unspecified atom stereocenters. The normalized spacial score (nSPS) is 14.2. The maximum Gasteiger partial charge on any atom is 0.250 e. The Balaban J connectivity index is 1.78. The fourth-order valence-corrected chi connectivity index (χ4v) is 4.65. The summed E-state index contributed by atoms with van der Waals surface area (Å²) in [5.41, 5.74) is 6.27. The topological polar surface area (TPSA) is 48.9 Å². The predicted molar refractivity (Wildman–Crippen MR) is 150 cm³/mol. The first kappa shape index (κ1) is 25.7. The summed E-state index contributed by atoms with van der Waals surface area (Å²) in [6.07, 6.45) is 9.98. The number of carbonyl (C=O) groups is 1. The lowest BCUT2D eigenvalue weighted by atomic mass is 10.1. The van der Waals surface area contributed by atoms with Gasteiger partial charge in [0.1, 0.15) is 5.75 Å². The van der Waals surface area contributed by atoms with Crippen molar-refractivity contribution < 1.29 is 9.53 Å². The van der Waals surface area contributed by atoms with E-state index in [2.05, 4.69) is 55.0 Å². The minimum absolute atomic E-state index is 0.0829. The van der Waals surface area contributed by atoms with Crippen LogP contribution in [0.4, 0.5) is 17.1 Å². The monoisotopic (exact) mass is 486 g/mol. The fourth-order valence-electron chi connectivity index (χ4n) is 4.65. The van der Waals surface area contributed by atoms with Gasteiger partial charge in [-0.05, 0) is 89.0 Å². The molecule has 1 heterocycles. The Bertz CT molecular complexity index is 1260. The molecule has 2 aromatic carbocycles. The van der Waals surface area contributed by atoms with Gasteiger partial charge >= 0.3 is 0 Å². The Hall–Kier alpha value is -3.38. The molecule has 0 bridgehead atoms. The first-order chi connectivity index (χ1) is 17.2. The zero-order valence-electron chi connectivity index (χ0n) is 22.4. The molecule has 0 N–H and O–H groups in total. The summed E-state index contributed by atoms with van der Waals surface area (Å²) < 4.78 is 6.46. The third-order valence-corrected chi connectivity index (χ3v) is 7.06. The minimum Gasteiger partial charge on any atom is -0.488 e. The Labute approximate surface area is 215 Å². The first-order valence-corrected chi connectivity index (χ1v) is 12.7. The van der Waals surface area contributed by atoms with Gasteiger partial charge in [0.2, 0.25) is 0 Å². The van der Waals surface area contributed by atoms with Crippen LogP contribution in [0, 0.1) is 13.8 Å². The molecule has 0 saturated heterocycles. The summed E-state index contributed by atoms with van der Waals surface area (Å²) in [6.45, 7) is 4.96. The summed E-state index contributed by atoms with van der Waals surface area (Å²) in [4.78, 5) is 23.7. The number of hydrogen-bond acceptors (Lipinski definition) is 5. The minimum atomic E-state index is -0.0829. The van der Waals surface area contributed by atoms with Crippen molar-refractivity contribution in [2.45, 2.75) is 45.6 Å². The molecule has 3 aromatic rings. The highest BCUT2D eigenvalue weighted by atomic mass is 16.5. The van der Waals surface area contributed by atoms with Crippen LogP contribution < -0.4 is 14.5 Å². The molecule has 6 nitrogen and oxygen atoms in total. The molecule has 1 saturated carbocycles. The number of benzene rings is 2. The number of aromatic nitrogens is 1. The van der Waals surface area contributed by atoms with Crippen molar-refractivity contribution in [2.24, 2.45) is 0 Å².